The number of amides is 1. The van der Waals surface area contributed by atoms with E-state index in [1.54, 1.807) is 0 Å². The second-order valence-electron chi connectivity index (χ2n) is 4.55. The first-order valence-corrected chi connectivity index (χ1v) is 11.6. The van der Waals surface area contributed by atoms with Gasteiger partial charge in [0.2, 0.25) is 10.0 Å². The number of methoxy groups -OCH3 is 1. The number of carbonyl (C=O) groups is 2. The number of hydrogen-bond donors (Lipinski definition) is 0. The molecular formula is C11H23N2O6PS2. The molecule has 0 aromatic heterocycles. The lowest BCUT2D eigenvalue weighted by molar-refractivity contribution is -0.155. The van der Waals surface area contributed by atoms with Crippen molar-refractivity contribution in [1.82, 2.24) is 8.75 Å². The quantitative estimate of drug-likeness (QED) is 0.275. The smallest absolute Gasteiger partial charge is 0.397 e. The Kier molecular flexibility index (Phi) is 8.67. The minimum absolute atomic E-state index is 0.407. The number of hydrogen-bond acceptors (Lipinski definition) is 7. The molecule has 1 unspecified atom stereocenters. The average Bonchev–Trinajstić information content (AvgIpc) is 2.47. The minimum atomic E-state index is -3.84. The van der Waals surface area contributed by atoms with Gasteiger partial charge in [0.25, 0.3) is 0 Å². The van der Waals surface area contributed by atoms with Crippen LogP contribution in [0.5, 0.6) is 0 Å². The fourth-order valence-electron chi connectivity index (χ4n) is 1.41. The van der Waals surface area contributed by atoms with Crippen LogP contribution < -0.4 is 0 Å². The predicted molar refractivity (Wildman–Crippen MR) is 87.0 cm³/mol. The first-order chi connectivity index (χ1) is 10.0. The zero-order valence-corrected chi connectivity index (χ0v) is 16.0. The van der Waals surface area contributed by atoms with Crippen molar-refractivity contribution in [2.75, 3.05) is 33.2 Å². The number of unbranched alkanes of at least 4 members (excludes halogenated alkanes) is 2. The van der Waals surface area contributed by atoms with E-state index < -0.39 is 28.5 Å². The molecule has 0 N–H and O–H groups in total. The molecule has 0 radical (unpaired) electrons. The summed E-state index contributed by atoms with van der Waals surface area (Å²) >= 11 is 0.863. The lowest BCUT2D eigenvalue weighted by atomic mass is 10.3. The summed E-state index contributed by atoms with van der Waals surface area (Å²) in [5, 5.41) is 0. The van der Waals surface area contributed by atoms with Crippen LogP contribution in [0.25, 0.3) is 0 Å². The normalized spacial score (nSPS) is 14.5. The van der Waals surface area contributed by atoms with Crippen molar-refractivity contribution in [3.8, 4) is 0 Å². The first-order valence-electron chi connectivity index (χ1n) is 6.57. The van der Waals surface area contributed by atoms with Crippen molar-refractivity contribution >= 4 is 39.9 Å². The van der Waals surface area contributed by atoms with Crippen LogP contribution in [0, 0.1) is 0 Å². The highest BCUT2D eigenvalue weighted by Gasteiger charge is 2.43. The molecule has 0 aromatic carbocycles. The van der Waals surface area contributed by atoms with Crippen molar-refractivity contribution in [1.29, 1.82) is 0 Å². The summed E-state index contributed by atoms with van der Waals surface area (Å²) in [7, 11) is -0.527. The van der Waals surface area contributed by atoms with Gasteiger partial charge in [-0.15, -0.1) is 4.08 Å². The number of likely N-dealkylation sites (N-methyl/N-ethyl adjacent to an activating group) is 1. The van der Waals surface area contributed by atoms with Crippen molar-refractivity contribution in [3.63, 3.8) is 0 Å². The zero-order valence-electron chi connectivity index (χ0n) is 13.4. The van der Waals surface area contributed by atoms with Crippen molar-refractivity contribution in [3.05, 3.63) is 0 Å². The molecule has 0 rings (SSSR count). The molecule has 1 atom stereocenters. The topological polar surface area (TPSA) is 101 Å². The molecule has 8 nitrogen and oxygen atoms in total. The van der Waals surface area contributed by atoms with Crippen molar-refractivity contribution in [2.24, 2.45) is 0 Å². The van der Waals surface area contributed by atoms with Gasteiger partial charge in [-0.05, 0) is 6.42 Å². The third kappa shape index (κ3) is 5.57. The SMILES string of the molecule is CCCCCSP(=O)(N(C)C(=O)C(=O)OC)N(C)S(C)(=O)=O. The number of rotatable bonds is 8. The summed E-state index contributed by atoms with van der Waals surface area (Å²) in [6, 6.07) is 0. The maximum atomic E-state index is 13.1. The van der Waals surface area contributed by atoms with Crippen LogP contribution in [0.3, 0.4) is 0 Å². The van der Waals surface area contributed by atoms with Gasteiger partial charge in [0.15, 0.2) is 0 Å². The molecule has 0 aromatic rings. The van der Waals surface area contributed by atoms with E-state index >= 15 is 0 Å². The number of esters is 1. The molecule has 0 saturated heterocycles. The van der Waals surface area contributed by atoms with E-state index in [9.17, 15) is 22.6 Å². The van der Waals surface area contributed by atoms with E-state index in [2.05, 4.69) is 4.74 Å². The molecule has 11 heteroatoms. The highest BCUT2D eigenvalue weighted by atomic mass is 32.7. The van der Waals surface area contributed by atoms with E-state index in [4.69, 9.17) is 0 Å². The summed E-state index contributed by atoms with van der Waals surface area (Å²) in [5.74, 6) is -1.94. The summed E-state index contributed by atoms with van der Waals surface area (Å²) in [6.07, 6.45) is 3.46. The second kappa shape index (κ2) is 8.90. The molecular weight excluding hydrogens is 351 g/mol. The third-order valence-electron chi connectivity index (χ3n) is 2.88. The van der Waals surface area contributed by atoms with Crippen molar-refractivity contribution < 1.29 is 27.3 Å². The molecule has 0 bridgehead atoms. The highest BCUT2D eigenvalue weighted by Crippen LogP contribution is 2.64. The Morgan fingerprint density at radius 3 is 2.18 bits per heavy atom. The highest BCUT2D eigenvalue weighted by molar-refractivity contribution is 8.57. The maximum Gasteiger partial charge on any atom is 0.397 e. The summed E-state index contributed by atoms with van der Waals surface area (Å²) in [5.41, 5.74) is 0. The number of carbonyl (C=O) groups excluding carboxylic acids is 2. The predicted octanol–water partition coefficient (Wildman–Crippen LogP) is 1.54. The average molecular weight is 374 g/mol. The molecule has 0 aliphatic heterocycles. The van der Waals surface area contributed by atoms with Gasteiger partial charge in [-0.2, -0.15) is 0 Å². The van der Waals surface area contributed by atoms with Crippen LogP contribution in [0.2, 0.25) is 0 Å². The Morgan fingerprint density at radius 2 is 1.77 bits per heavy atom. The van der Waals surface area contributed by atoms with E-state index in [1.807, 2.05) is 6.92 Å². The van der Waals surface area contributed by atoms with Crippen LogP contribution in [0.4, 0.5) is 0 Å². The van der Waals surface area contributed by atoms with Crippen LogP contribution in [-0.2, 0) is 28.9 Å². The maximum absolute atomic E-state index is 13.1. The summed E-state index contributed by atoms with van der Waals surface area (Å²) in [4.78, 5) is 23.2. The van der Waals surface area contributed by atoms with Gasteiger partial charge in [0, 0.05) is 19.8 Å². The number of nitrogens with zero attached hydrogens (tertiary/aromatic N) is 2. The van der Waals surface area contributed by atoms with Gasteiger partial charge < -0.3 is 4.74 Å². The molecule has 0 aliphatic carbocycles. The van der Waals surface area contributed by atoms with Crippen molar-refractivity contribution in [2.45, 2.75) is 26.2 Å². The van der Waals surface area contributed by atoms with Gasteiger partial charge in [0.1, 0.15) is 0 Å². The van der Waals surface area contributed by atoms with E-state index in [1.165, 1.54) is 0 Å². The summed E-state index contributed by atoms with van der Waals surface area (Å²) < 4.78 is 42.2. The molecule has 1 amide bonds. The zero-order chi connectivity index (χ0) is 17.6. The van der Waals surface area contributed by atoms with Crippen LogP contribution >= 0.6 is 18.0 Å². The fourth-order valence-corrected chi connectivity index (χ4v) is 8.68. The number of ether oxygens (including phenoxy) is 1. The molecule has 0 fully saturated rings. The Bertz CT molecular complexity index is 551. The first kappa shape index (κ1) is 21.4. The Balaban J connectivity index is 5.46. The van der Waals surface area contributed by atoms with Gasteiger partial charge in [-0.1, -0.05) is 31.1 Å². The second-order valence-corrected chi connectivity index (χ2v) is 11.9. The lowest BCUT2D eigenvalue weighted by Gasteiger charge is -2.32. The van der Waals surface area contributed by atoms with E-state index in [0.717, 1.165) is 58.1 Å². The number of sulfonamides is 1. The lowest BCUT2D eigenvalue weighted by Crippen LogP contribution is -2.37. The Labute approximate surface area is 135 Å². The molecule has 130 valence electrons. The largest absolute Gasteiger partial charge is 0.462 e. The standard InChI is InChI=1S/C11H23N2O6PS2/c1-6-7-8-9-21-20(16,13(3)22(5,17)18)12(2)10(14)11(15)19-4/h6-9H2,1-5H3. The van der Waals surface area contributed by atoms with E-state index in [-0.39, 0.29) is 0 Å². The minimum Gasteiger partial charge on any atom is -0.462 e. The van der Waals surface area contributed by atoms with Gasteiger partial charge in [0.05, 0.1) is 13.4 Å². The van der Waals surface area contributed by atoms with E-state index in [0.29, 0.717) is 14.5 Å². The van der Waals surface area contributed by atoms with Crippen LogP contribution in [-0.4, -0.2) is 62.3 Å². The van der Waals surface area contributed by atoms with Gasteiger partial charge in [-0.3, -0.25) is 14.0 Å². The third-order valence-corrected chi connectivity index (χ3v) is 11.2. The van der Waals surface area contributed by atoms with Gasteiger partial charge in [-0.25, -0.2) is 13.2 Å². The molecule has 22 heavy (non-hydrogen) atoms. The summed E-state index contributed by atoms with van der Waals surface area (Å²) in [6.45, 7) is -1.84. The Morgan fingerprint density at radius 1 is 1.23 bits per heavy atom. The Hall–Kier alpha value is -0.570. The van der Waals surface area contributed by atoms with Gasteiger partial charge >= 0.3 is 18.5 Å². The molecule has 0 aliphatic rings. The molecule has 0 saturated carbocycles. The fraction of sp³-hybridized carbons (Fsp3) is 0.818. The van der Waals surface area contributed by atoms with Crippen LogP contribution in [0.15, 0.2) is 0 Å². The monoisotopic (exact) mass is 374 g/mol. The molecule has 0 spiro atoms. The molecule has 0 heterocycles. The van der Waals surface area contributed by atoms with Crippen LogP contribution in [0.1, 0.15) is 26.2 Å².